The van der Waals surface area contributed by atoms with Gasteiger partial charge in [0.1, 0.15) is 10.7 Å². The van der Waals surface area contributed by atoms with Crippen molar-refractivity contribution in [3.8, 4) is 0 Å². The number of nitrogens with one attached hydrogen (secondary N) is 1. The van der Waals surface area contributed by atoms with Crippen molar-refractivity contribution in [1.82, 2.24) is 0 Å². The highest BCUT2D eigenvalue weighted by molar-refractivity contribution is 6.02. The van der Waals surface area contributed by atoms with Crippen LogP contribution in [0.2, 0.25) is 0 Å². The Morgan fingerprint density at radius 2 is 2.14 bits per heavy atom. The Morgan fingerprint density at radius 1 is 1.36 bits per heavy atom. The average Bonchev–Trinajstić information content (AvgIpc) is 2.96. The van der Waals surface area contributed by atoms with Gasteiger partial charge in [-0.05, 0) is 36.6 Å². The van der Waals surface area contributed by atoms with E-state index in [1.165, 1.54) is 24.3 Å². The first kappa shape index (κ1) is 15.5. The number of hydrogen-bond donors (Lipinski definition) is 1. The number of benzene rings is 1. The van der Waals surface area contributed by atoms with E-state index in [9.17, 15) is 14.9 Å². The van der Waals surface area contributed by atoms with Crippen LogP contribution in [0.4, 0.5) is 11.6 Å². The number of furan rings is 1. The molecule has 22 heavy (non-hydrogen) atoms. The second kappa shape index (κ2) is 6.71. The highest BCUT2D eigenvalue weighted by Crippen LogP contribution is 2.21. The summed E-state index contributed by atoms with van der Waals surface area (Å²) >= 11 is 0. The van der Waals surface area contributed by atoms with Gasteiger partial charge in [-0.25, -0.2) is 0 Å². The van der Waals surface area contributed by atoms with Crippen LogP contribution in [-0.2, 0) is 11.2 Å². The van der Waals surface area contributed by atoms with E-state index in [4.69, 9.17) is 4.42 Å². The number of para-hydroxylation sites is 1. The van der Waals surface area contributed by atoms with E-state index in [1.807, 2.05) is 32.0 Å². The van der Waals surface area contributed by atoms with Gasteiger partial charge in [0, 0.05) is 11.8 Å². The van der Waals surface area contributed by atoms with Gasteiger partial charge in [-0.2, -0.15) is 0 Å². The van der Waals surface area contributed by atoms with E-state index in [2.05, 4.69) is 5.32 Å². The molecular formula is C16H16N2O4. The first-order chi connectivity index (χ1) is 10.5. The zero-order chi connectivity index (χ0) is 16.1. The average molecular weight is 300 g/mol. The maximum atomic E-state index is 12.0. The van der Waals surface area contributed by atoms with Crippen molar-refractivity contribution in [2.24, 2.45) is 0 Å². The molecule has 0 saturated heterocycles. The van der Waals surface area contributed by atoms with Gasteiger partial charge >= 0.3 is 5.88 Å². The van der Waals surface area contributed by atoms with Gasteiger partial charge in [0.2, 0.25) is 5.91 Å². The van der Waals surface area contributed by atoms with Crippen LogP contribution in [0.5, 0.6) is 0 Å². The molecule has 2 rings (SSSR count). The fourth-order valence-electron chi connectivity index (χ4n) is 2.05. The molecule has 6 nitrogen and oxygen atoms in total. The second-order valence-corrected chi connectivity index (χ2v) is 4.72. The molecule has 0 unspecified atom stereocenters. The Kier molecular flexibility index (Phi) is 4.73. The topological polar surface area (TPSA) is 85.4 Å². The number of carbonyl (C=O) groups excluding carboxylic acids is 1. The predicted octanol–water partition coefficient (Wildman–Crippen LogP) is 3.71. The van der Waals surface area contributed by atoms with E-state index < -0.39 is 4.92 Å². The van der Waals surface area contributed by atoms with Crippen molar-refractivity contribution in [2.45, 2.75) is 20.3 Å². The minimum absolute atomic E-state index is 0.252. The minimum atomic E-state index is -0.627. The van der Waals surface area contributed by atoms with Crippen LogP contribution in [0.25, 0.3) is 6.08 Å². The zero-order valence-corrected chi connectivity index (χ0v) is 12.3. The Hall–Kier alpha value is -2.89. The molecule has 0 bridgehead atoms. The molecule has 0 saturated carbocycles. The Balaban J connectivity index is 2.09. The van der Waals surface area contributed by atoms with Gasteiger partial charge < -0.3 is 9.73 Å². The Labute approximate surface area is 127 Å². The lowest BCUT2D eigenvalue weighted by Crippen LogP contribution is -2.10. The lowest BCUT2D eigenvalue weighted by molar-refractivity contribution is -0.402. The van der Waals surface area contributed by atoms with E-state index >= 15 is 0 Å². The smallest absolute Gasteiger partial charge is 0.401 e. The molecule has 1 aromatic carbocycles. The van der Waals surface area contributed by atoms with Gasteiger partial charge in [0.05, 0.1) is 6.07 Å². The fourth-order valence-corrected chi connectivity index (χ4v) is 2.05. The van der Waals surface area contributed by atoms with E-state index in [1.54, 1.807) is 0 Å². The van der Waals surface area contributed by atoms with Gasteiger partial charge in [0.15, 0.2) is 0 Å². The number of nitrogens with zero attached hydrogens (tertiary/aromatic N) is 1. The maximum absolute atomic E-state index is 12.0. The molecule has 1 heterocycles. The predicted molar refractivity (Wildman–Crippen MR) is 83.6 cm³/mol. The number of amides is 1. The molecule has 1 amide bonds. The number of anilines is 1. The van der Waals surface area contributed by atoms with Crippen LogP contribution in [0.1, 0.15) is 23.8 Å². The molecule has 0 radical (unpaired) electrons. The largest absolute Gasteiger partial charge is 0.433 e. The summed E-state index contributed by atoms with van der Waals surface area (Å²) in [6.45, 7) is 3.94. The quantitative estimate of drug-likeness (QED) is 0.518. The lowest BCUT2D eigenvalue weighted by Gasteiger charge is -2.11. The molecule has 1 N–H and O–H groups in total. The summed E-state index contributed by atoms with van der Waals surface area (Å²) in [7, 11) is 0. The van der Waals surface area contributed by atoms with Gasteiger partial charge in [-0.15, -0.1) is 0 Å². The number of hydrogen-bond acceptors (Lipinski definition) is 4. The van der Waals surface area contributed by atoms with Gasteiger partial charge in [0.25, 0.3) is 0 Å². The van der Waals surface area contributed by atoms with Crippen molar-refractivity contribution in [2.75, 3.05) is 5.32 Å². The Morgan fingerprint density at radius 3 is 2.77 bits per heavy atom. The third kappa shape index (κ3) is 3.60. The maximum Gasteiger partial charge on any atom is 0.433 e. The number of rotatable bonds is 5. The summed E-state index contributed by atoms with van der Waals surface area (Å²) in [5.41, 5.74) is 2.83. The minimum Gasteiger partial charge on any atom is -0.401 e. The van der Waals surface area contributed by atoms with Crippen molar-refractivity contribution < 1.29 is 14.1 Å². The SMILES string of the molecule is CCc1cccc(C)c1NC(=O)/C=C/c1ccc([N+](=O)[O-])o1. The molecule has 2 aromatic rings. The van der Waals surface area contributed by atoms with Crippen LogP contribution in [0, 0.1) is 17.0 Å². The molecule has 0 fully saturated rings. The van der Waals surface area contributed by atoms with Crippen molar-refractivity contribution in [1.29, 1.82) is 0 Å². The molecule has 114 valence electrons. The zero-order valence-electron chi connectivity index (χ0n) is 12.3. The highest BCUT2D eigenvalue weighted by Gasteiger charge is 2.10. The highest BCUT2D eigenvalue weighted by atomic mass is 16.6. The third-order valence-electron chi connectivity index (χ3n) is 3.18. The standard InChI is InChI=1S/C16H16N2O4/c1-3-12-6-4-5-11(2)16(12)17-14(19)9-7-13-8-10-15(22-13)18(20)21/h4-10H,3H2,1-2H3,(H,17,19)/b9-7+. The van der Waals surface area contributed by atoms with Crippen molar-refractivity contribution in [3.05, 3.63) is 63.4 Å². The van der Waals surface area contributed by atoms with E-state index in [-0.39, 0.29) is 17.6 Å². The van der Waals surface area contributed by atoms with Crippen molar-refractivity contribution in [3.63, 3.8) is 0 Å². The van der Waals surface area contributed by atoms with Crippen molar-refractivity contribution >= 4 is 23.6 Å². The molecule has 0 spiro atoms. The summed E-state index contributed by atoms with van der Waals surface area (Å²) in [4.78, 5) is 21.9. The van der Waals surface area contributed by atoms with Crippen LogP contribution in [-0.4, -0.2) is 10.8 Å². The third-order valence-corrected chi connectivity index (χ3v) is 3.18. The van der Waals surface area contributed by atoms with Crippen LogP contribution >= 0.6 is 0 Å². The van der Waals surface area contributed by atoms with Gasteiger partial charge in [-0.1, -0.05) is 25.1 Å². The first-order valence-corrected chi connectivity index (χ1v) is 6.83. The first-order valence-electron chi connectivity index (χ1n) is 6.83. The molecule has 0 aliphatic rings. The summed E-state index contributed by atoms with van der Waals surface area (Å²) < 4.78 is 4.95. The fraction of sp³-hybridized carbons (Fsp3) is 0.188. The Bertz CT molecular complexity index is 731. The molecule has 0 aliphatic heterocycles. The second-order valence-electron chi connectivity index (χ2n) is 4.72. The molecule has 6 heteroatoms. The number of aryl methyl sites for hydroxylation is 2. The molecule has 1 aromatic heterocycles. The number of nitro groups is 1. The van der Waals surface area contributed by atoms with E-state index in [0.717, 1.165) is 23.2 Å². The summed E-state index contributed by atoms with van der Waals surface area (Å²) in [5.74, 6) is -0.419. The molecule has 0 aliphatic carbocycles. The summed E-state index contributed by atoms with van der Waals surface area (Å²) in [6, 6.07) is 8.51. The number of carbonyl (C=O) groups is 1. The summed E-state index contributed by atoms with van der Waals surface area (Å²) in [6.07, 6.45) is 3.49. The van der Waals surface area contributed by atoms with Crippen LogP contribution in [0.15, 0.2) is 40.8 Å². The van der Waals surface area contributed by atoms with Crippen LogP contribution < -0.4 is 5.32 Å². The summed E-state index contributed by atoms with van der Waals surface area (Å²) in [5, 5.41) is 13.3. The van der Waals surface area contributed by atoms with Gasteiger partial charge in [-0.3, -0.25) is 14.9 Å². The molecular weight excluding hydrogens is 284 g/mol. The molecule has 0 atom stereocenters. The lowest BCUT2D eigenvalue weighted by atomic mass is 10.1. The van der Waals surface area contributed by atoms with Crippen LogP contribution in [0.3, 0.4) is 0 Å². The van der Waals surface area contributed by atoms with E-state index in [0.29, 0.717) is 0 Å². The normalized spacial score (nSPS) is 10.8. The monoisotopic (exact) mass is 300 g/mol.